The number of halogens is 1. The average molecular weight is 401 g/mol. The number of ether oxygens (including phenoxy) is 3. The van der Waals surface area contributed by atoms with Gasteiger partial charge in [-0.1, -0.05) is 19.1 Å². The summed E-state index contributed by atoms with van der Waals surface area (Å²) in [5.74, 6) is 0.673. The van der Waals surface area contributed by atoms with Crippen LogP contribution in [0.15, 0.2) is 42.5 Å². The van der Waals surface area contributed by atoms with E-state index < -0.39 is 5.54 Å². The summed E-state index contributed by atoms with van der Waals surface area (Å²) in [4.78, 5) is 13.1. The summed E-state index contributed by atoms with van der Waals surface area (Å²) in [6.07, 6.45) is 2.14. The second-order valence-corrected chi connectivity index (χ2v) is 7.10. The van der Waals surface area contributed by atoms with Crippen LogP contribution in [0.5, 0.6) is 11.5 Å². The van der Waals surface area contributed by atoms with Crippen LogP contribution in [-0.2, 0) is 10.3 Å². The van der Waals surface area contributed by atoms with E-state index in [-0.39, 0.29) is 11.7 Å². The first-order valence-corrected chi connectivity index (χ1v) is 10.1. The number of rotatable bonds is 8. The summed E-state index contributed by atoms with van der Waals surface area (Å²) in [6.45, 7) is 6.05. The third-order valence-corrected chi connectivity index (χ3v) is 5.06. The molecule has 0 aromatic heterocycles. The first-order chi connectivity index (χ1) is 14.1. The van der Waals surface area contributed by atoms with Crippen LogP contribution >= 0.6 is 0 Å². The van der Waals surface area contributed by atoms with Crippen molar-refractivity contribution in [1.29, 1.82) is 0 Å². The molecule has 0 atom stereocenters. The fourth-order valence-corrected chi connectivity index (χ4v) is 3.51. The van der Waals surface area contributed by atoms with Crippen molar-refractivity contribution < 1.29 is 23.4 Å². The molecule has 0 saturated carbocycles. The van der Waals surface area contributed by atoms with Crippen molar-refractivity contribution in [3.05, 3.63) is 59.4 Å². The molecule has 0 aliphatic carbocycles. The Hall–Kier alpha value is -2.60. The van der Waals surface area contributed by atoms with Crippen molar-refractivity contribution in [2.75, 3.05) is 26.4 Å². The highest BCUT2D eigenvalue weighted by Gasteiger charge is 2.36. The molecule has 6 heteroatoms. The number of benzene rings is 2. The molecule has 0 bridgehead atoms. The average Bonchev–Trinajstić information content (AvgIpc) is 2.74. The molecule has 1 aliphatic heterocycles. The van der Waals surface area contributed by atoms with Crippen molar-refractivity contribution in [2.45, 2.75) is 38.6 Å². The highest BCUT2D eigenvalue weighted by molar-refractivity contribution is 5.95. The molecule has 2 aromatic rings. The first-order valence-electron chi connectivity index (χ1n) is 10.1. The summed E-state index contributed by atoms with van der Waals surface area (Å²) in [6, 6.07) is 11.5. The first kappa shape index (κ1) is 21.1. The van der Waals surface area contributed by atoms with Gasteiger partial charge in [-0.05, 0) is 62.1 Å². The molecule has 156 valence electrons. The highest BCUT2D eigenvalue weighted by Crippen LogP contribution is 2.34. The van der Waals surface area contributed by atoms with Gasteiger partial charge in [0, 0.05) is 18.8 Å². The number of nitrogens with one attached hydrogen (secondary N) is 1. The van der Waals surface area contributed by atoms with Gasteiger partial charge in [-0.2, -0.15) is 0 Å². The molecular formula is C23H28FNO4. The van der Waals surface area contributed by atoms with Crippen molar-refractivity contribution in [3.63, 3.8) is 0 Å². The molecule has 5 nitrogen and oxygen atoms in total. The van der Waals surface area contributed by atoms with Gasteiger partial charge in [-0.25, -0.2) is 4.39 Å². The number of amides is 1. The normalized spacial score (nSPS) is 15.6. The summed E-state index contributed by atoms with van der Waals surface area (Å²) in [5, 5.41) is 3.18. The van der Waals surface area contributed by atoms with E-state index >= 15 is 0 Å². The maximum Gasteiger partial charge on any atom is 0.252 e. The van der Waals surface area contributed by atoms with Gasteiger partial charge in [0.2, 0.25) is 0 Å². The van der Waals surface area contributed by atoms with Gasteiger partial charge in [0.25, 0.3) is 5.91 Å². The Morgan fingerprint density at radius 2 is 1.79 bits per heavy atom. The van der Waals surface area contributed by atoms with E-state index in [0.29, 0.717) is 56.3 Å². The Kier molecular flexibility index (Phi) is 7.09. The van der Waals surface area contributed by atoms with Gasteiger partial charge >= 0.3 is 0 Å². The minimum absolute atomic E-state index is 0.209. The lowest BCUT2D eigenvalue weighted by Crippen LogP contribution is -2.49. The lowest BCUT2D eigenvalue weighted by molar-refractivity contribution is 0.0345. The molecule has 1 aliphatic rings. The third kappa shape index (κ3) is 5.07. The van der Waals surface area contributed by atoms with Crippen LogP contribution in [0, 0.1) is 5.82 Å². The number of hydrogen-bond donors (Lipinski definition) is 1. The zero-order valence-electron chi connectivity index (χ0n) is 17.0. The topological polar surface area (TPSA) is 56.8 Å². The van der Waals surface area contributed by atoms with Crippen LogP contribution in [-0.4, -0.2) is 32.3 Å². The zero-order chi connectivity index (χ0) is 20.7. The molecule has 0 spiro atoms. The molecule has 1 saturated heterocycles. The quantitative estimate of drug-likeness (QED) is 0.710. The van der Waals surface area contributed by atoms with Crippen LogP contribution in [0.3, 0.4) is 0 Å². The predicted octanol–water partition coefficient (Wildman–Crippen LogP) is 4.45. The zero-order valence-corrected chi connectivity index (χ0v) is 17.0. The maximum absolute atomic E-state index is 13.4. The minimum Gasteiger partial charge on any atom is -0.490 e. The van der Waals surface area contributed by atoms with Crippen molar-refractivity contribution >= 4 is 5.91 Å². The summed E-state index contributed by atoms with van der Waals surface area (Å²) >= 11 is 0. The largest absolute Gasteiger partial charge is 0.490 e. The summed E-state index contributed by atoms with van der Waals surface area (Å²) in [5.41, 5.74) is 0.778. The van der Waals surface area contributed by atoms with Gasteiger partial charge in [0.05, 0.1) is 18.8 Å². The molecule has 0 unspecified atom stereocenters. The summed E-state index contributed by atoms with van der Waals surface area (Å²) in [7, 11) is 0. The lowest BCUT2D eigenvalue weighted by Gasteiger charge is -2.38. The molecule has 2 aromatic carbocycles. The molecular weight excluding hydrogens is 373 g/mol. The van der Waals surface area contributed by atoms with Crippen LogP contribution in [0.2, 0.25) is 0 Å². The molecule has 1 heterocycles. The van der Waals surface area contributed by atoms with Crippen molar-refractivity contribution in [2.24, 2.45) is 0 Å². The van der Waals surface area contributed by atoms with Gasteiger partial charge in [0.15, 0.2) is 11.5 Å². The van der Waals surface area contributed by atoms with Gasteiger partial charge in [-0.3, -0.25) is 4.79 Å². The van der Waals surface area contributed by atoms with Gasteiger partial charge in [0.1, 0.15) is 5.82 Å². The molecule has 1 fully saturated rings. The third-order valence-electron chi connectivity index (χ3n) is 5.06. The van der Waals surface area contributed by atoms with Crippen LogP contribution in [0.25, 0.3) is 0 Å². The Bertz CT molecular complexity index is 816. The molecule has 1 N–H and O–H groups in total. The van der Waals surface area contributed by atoms with E-state index in [1.54, 1.807) is 30.3 Å². The maximum atomic E-state index is 13.4. The Balaban J connectivity index is 1.86. The van der Waals surface area contributed by atoms with Crippen molar-refractivity contribution in [3.8, 4) is 11.5 Å². The van der Waals surface area contributed by atoms with E-state index in [4.69, 9.17) is 14.2 Å². The molecule has 1 amide bonds. The smallest absolute Gasteiger partial charge is 0.252 e. The second-order valence-electron chi connectivity index (χ2n) is 7.10. The monoisotopic (exact) mass is 401 g/mol. The molecule has 3 rings (SSSR count). The number of carbonyl (C=O) groups excluding carboxylic acids is 1. The van der Waals surface area contributed by atoms with E-state index in [9.17, 15) is 9.18 Å². The molecule has 0 radical (unpaired) electrons. The number of carbonyl (C=O) groups is 1. The number of hydrogen-bond acceptors (Lipinski definition) is 4. The van der Waals surface area contributed by atoms with Crippen LogP contribution in [0.1, 0.15) is 49.0 Å². The van der Waals surface area contributed by atoms with Crippen LogP contribution in [0.4, 0.5) is 4.39 Å². The van der Waals surface area contributed by atoms with Crippen molar-refractivity contribution in [1.82, 2.24) is 5.32 Å². The predicted molar refractivity (Wildman–Crippen MR) is 109 cm³/mol. The van der Waals surface area contributed by atoms with Gasteiger partial charge < -0.3 is 19.5 Å². The fourth-order valence-electron chi connectivity index (χ4n) is 3.51. The second kappa shape index (κ2) is 9.74. The molecule has 29 heavy (non-hydrogen) atoms. The minimum atomic E-state index is -0.591. The SMILES string of the molecule is CCCOc1ccc(C(=O)NC2(c3ccc(F)cc3)CCOCC2)cc1OCC. The van der Waals surface area contributed by atoms with Gasteiger partial charge in [-0.15, -0.1) is 0 Å². The van der Waals surface area contributed by atoms with Crippen LogP contribution < -0.4 is 14.8 Å². The van der Waals surface area contributed by atoms with E-state index in [1.165, 1.54) is 12.1 Å². The Morgan fingerprint density at radius 3 is 2.45 bits per heavy atom. The highest BCUT2D eigenvalue weighted by atomic mass is 19.1. The fraction of sp³-hybridized carbons (Fsp3) is 0.435. The lowest BCUT2D eigenvalue weighted by atomic mass is 9.82. The Morgan fingerprint density at radius 1 is 1.07 bits per heavy atom. The Labute approximate surface area is 171 Å². The standard InChI is InChI=1S/C23H28FNO4/c1-3-13-29-20-10-5-17(16-21(20)28-4-2)22(26)25-23(11-14-27-15-12-23)18-6-8-19(24)9-7-18/h5-10,16H,3-4,11-15H2,1-2H3,(H,25,26). The van der Waals surface area contributed by atoms with E-state index in [2.05, 4.69) is 5.32 Å². The van der Waals surface area contributed by atoms with E-state index in [1.807, 2.05) is 13.8 Å². The van der Waals surface area contributed by atoms with E-state index in [0.717, 1.165) is 12.0 Å². The summed E-state index contributed by atoms with van der Waals surface area (Å²) < 4.78 is 30.3.